The van der Waals surface area contributed by atoms with Gasteiger partial charge in [-0.1, -0.05) is 0 Å². The van der Waals surface area contributed by atoms with Crippen molar-refractivity contribution in [2.75, 3.05) is 17.7 Å². The van der Waals surface area contributed by atoms with Crippen molar-refractivity contribution in [3.05, 3.63) is 40.2 Å². The maximum absolute atomic E-state index is 11.9. The van der Waals surface area contributed by atoms with Crippen LogP contribution in [0.4, 0.5) is 11.5 Å². The number of nitrogens with one attached hydrogen (secondary N) is 1. The standard InChI is InChI=1S/C14H17N3O2S/c1-3-19-14(18)12-6-11(15)7-16-13(12)17-9(2)10-4-5-20-8-10/h4-9H,3,15H2,1-2H3,(H,16,17). The Labute approximate surface area is 121 Å². The highest BCUT2D eigenvalue weighted by atomic mass is 32.1. The minimum Gasteiger partial charge on any atom is -0.462 e. The average molecular weight is 291 g/mol. The number of nitrogen functional groups attached to an aromatic ring is 1. The van der Waals surface area contributed by atoms with Crippen molar-refractivity contribution in [2.24, 2.45) is 0 Å². The first kappa shape index (κ1) is 14.3. The molecule has 6 heteroatoms. The molecule has 2 aromatic rings. The Balaban J connectivity index is 2.24. The number of nitrogens with zero attached hydrogens (tertiary/aromatic N) is 1. The number of hydrogen-bond donors (Lipinski definition) is 2. The lowest BCUT2D eigenvalue weighted by Gasteiger charge is -2.16. The molecule has 0 aliphatic carbocycles. The maximum Gasteiger partial charge on any atom is 0.341 e. The van der Waals surface area contributed by atoms with Crippen LogP contribution in [0.3, 0.4) is 0 Å². The number of ether oxygens (including phenoxy) is 1. The molecule has 0 aliphatic rings. The van der Waals surface area contributed by atoms with Crippen molar-refractivity contribution in [3.8, 4) is 0 Å². The third kappa shape index (κ3) is 3.27. The SMILES string of the molecule is CCOC(=O)c1cc(N)cnc1NC(C)c1ccsc1. The zero-order valence-corrected chi connectivity index (χ0v) is 12.2. The molecule has 0 fully saturated rings. The van der Waals surface area contributed by atoms with Gasteiger partial charge in [0.2, 0.25) is 0 Å². The molecule has 2 rings (SSSR count). The summed E-state index contributed by atoms with van der Waals surface area (Å²) in [6.07, 6.45) is 1.52. The Bertz CT molecular complexity index is 584. The van der Waals surface area contributed by atoms with Gasteiger partial charge in [0.05, 0.1) is 24.5 Å². The first-order chi connectivity index (χ1) is 9.61. The Morgan fingerprint density at radius 1 is 1.60 bits per heavy atom. The normalized spacial score (nSPS) is 11.9. The third-order valence-corrected chi connectivity index (χ3v) is 3.50. The van der Waals surface area contributed by atoms with Crippen molar-refractivity contribution in [2.45, 2.75) is 19.9 Å². The first-order valence-corrected chi connectivity index (χ1v) is 7.27. The lowest BCUT2D eigenvalue weighted by molar-refractivity contribution is 0.0527. The van der Waals surface area contributed by atoms with Crippen LogP contribution < -0.4 is 11.1 Å². The molecule has 0 radical (unpaired) electrons. The highest BCUT2D eigenvalue weighted by Gasteiger charge is 2.16. The van der Waals surface area contributed by atoms with Crippen LogP contribution in [0.1, 0.15) is 35.8 Å². The summed E-state index contributed by atoms with van der Waals surface area (Å²) >= 11 is 1.63. The van der Waals surface area contributed by atoms with Crippen LogP contribution in [0, 0.1) is 0 Å². The zero-order valence-electron chi connectivity index (χ0n) is 11.4. The number of rotatable bonds is 5. The molecule has 0 saturated heterocycles. The van der Waals surface area contributed by atoms with Gasteiger partial charge in [0.25, 0.3) is 0 Å². The lowest BCUT2D eigenvalue weighted by Crippen LogP contribution is -2.14. The van der Waals surface area contributed by atoms with Crippen molar-refractivity contribution < 1.29 is 9.53 Å². The van der Waals surface area contributed by atoms with E-state index in [0.29, 0.717) is 23.7 Å². The molecule has 0 aromatic carbocycles. The summed E-state index contributed by atoms with van der Waals surface area (Å²) in [5.74, 6) is 0.0590. The van der Waals surface area contributed by atoms with Crippen LogP contribution in [0.25, 0.3) is 0 Å². The molecular weight excluding hydrogens is 274 g/mol. The number of anilines is 2. The van der Waals surface area contributed by atoms with Gasteiger partial charge < -0.3 is 15.8 Å². The maximum atomic E-state index is 11.9. The van der Waals surface area contributed by atoms with Crippen molar-refractivity contribution in [1.82, 2.24) is 4.98 Å². The van der Waals surface area contributed by atoms with E-state index in [-0.39, 0.29) is 6.04 Å². The van der Waals surface area contributed by atoms with E-state index in [0.717, 1.165) is 5.56 Å². The lowest BCUT2D eigenvalue weighted by atomic mass is 10.1. The van der Waals surface area contributed by atoms with Gasteiger partial charge in [0.15, 0.2) is 0 Å². The van der Waals surface area contributed by atoms with Gasteiger partial charge in [0.1, 0.15) is 11.4 Å². The summed E-state index contributed by atoms with van der Waals surface area (Å²) in [5, 5.41) is 7.28. The molecule has 106 valence electrons. The van der Waals surface area contributed by atoms with Gasteiger partial charge in [-0.2, -0.15) is 11.3 Å². The van der Waals surface area contributed by atoms with Crippen molar-refractivity contribution >= 4 is 28.8 Å². The van der Waals surface area contributed by atoms with Gasteiger partial charge in [-0.05, 0) is 42.3 Å². The fourth-order valence-electron chi connectivity index (χ4n) is 1.77. The summed E-state index contributed by atoms with van der Waals surface area (Å²) in [6, 6.07) is 3.66. The van der Waals surface area contributed by atoms with Gasteiger partial charge in [0, 0.05) is 0 Å². The van der Waals surface area contributed by atoms with Crippen LogP contribution >= 0.6 is 11.3 Å². The quantitative estimate of drug-likeness (QED) is 0.828. The summed E-state index contributed by atoms with van der Waals surface area (Å²) in [4.78, 5) is 16.1. The van der Waals surface area contributed by atoms with E-state index in [9.17, 15) is 4.79 Å². The molecule has 0 bridgehead atoms. The number of esters is 1. The molecule has 3 N–H and O–H groups in total. The first-order valence-electron chi connectivity index (χ1n) is 6.33. The predicted octanol–water partition coefficient (Wildman–Crippen LogP) is 3.08. The second-order valence-electron chi connectivity index (χ2n) is 4.31. The van der Waals surface area contributed by atoms with Crippen molar-refractivity contribution in [1.29, 1.82) is 0 Å². The number of thiophene rings is 1. The molecule has 2 heterocycles. The van der Waals surface area contributed by atoms with Crippen LogP contribution in [0.5, 0.6) is 0 Å². The molecule has 2 aromatic heterocycles. The van der Waals surface area contributed by atoms with E-state index in [2.05, 4.69) is 15.7 Å². The van der Waals surface area contributed by atoms with Gasteiger partial charge in [-0.3, -0.25) is 0 Å². The van der Waals surface area contributed by atoms with E-state index < -0.39 is 5.97 Å². The van der Waals surface area contributed by atoms with Gasteiger partial charge >= 0.3 is 5.97 Å². The Kier molecular flexibility index (Phi) is 4.57. The van der Waals surface area contributed by atoms with E-state index in [1.165, 1.54) is 6.20 Å². The highest BCUT2D eigenvalue weighted by molar-refractivity contribution is 7.07. The Morgan fingerprint density at radius 3 is 3.05 bits per heavy atom. The average Bonchev–Trinajstić information content (AvgIpc) is 2.95. The van der Waals surface area contributed by atoms with E-state index >= 15 is 0 Å². The minimum atomic E-state index is -0.424. The number of carbonyl (C=O) groups is 1. The summed E-state index contributed by atoms with van der Waals surface area (Å²) in [6.45, 7) is 4.08. The molecule has 1 unspecified atom stereocenters. The number of aromatic nitrogens is 1. The van der Waals surface area contributed by atoms with Crippen LogP contribution in [0.2, 0.25) is 0 Å². The number of hydrogen-bond acceptors (Lipinski definition) is 6. The second-order valence-corrected chi connectivity index (χ2v) is 5.09. The summed E-state index contributed by atoms with van der Waals surface area (Å²) < 4.78 is 5.02. The largest absolute Gasteiger partial charge is 0.462 e. The van der Waals surface area contributed by atoms with Crippen LogP contribution in [0.15, 0.2) is 29.1 Å². The Morgan fingerprint density at radius 2 is 2.40 bits per heavy atom. The topological polar surface area (TPSA) is 77.2 Å². The second kappa shape index (κ2) is 6.38. The molecular formula is C14H17N3O2S. The van der Waals surface area contributed by atoms with Gasteiger partial charge in [-0.25, -0.2) is 9.78 Å². The molecule has 5 nitrogen and oxygen atoms in total. The Hall–Kier alpha value is -2.08. The van der Waals surface area contributed by atoms with E-state index in [4.69, 9.17) is 10.5 Å². The van der Waals surface area contributed by atoms with Crippen LogP contribution in [-0.4, -0.2) is 17.6 Å². The van der Waals surface area contributed by atoms with Gasteiger partial charge in [-0.15, -0.1) is 0 Å². The molecule has 0 spiro atoms. The monoisotopic (exact) mass is 291 g/mol. The molecule has 0 amide bonds. The van der Waals surface area contributed by atoms with Crippen LogP contribution in [-0.2, 0) is 4.74 Å². The smallest absolute Gasteiger partial charge is 0.341 e. The highest BCUT2D eigenvalue weighted by Crippen LogP contribution is 2.24. The zero-order chi connectivity index (χ0) is 14.5. The van der Waals surface area contributed by atoms with Crippen molar-refractivity contribution in [3.63, 3.8) is 0 Å². The third-order valence-electron chi connectivity index (χ3n) is 2.80. The predicted molar refractivity (Wildman–Crippen MR) is 81.0 cm³/mol. The van der Waals surface area contributed by atoms with E-state index in [1.807, 2.05) is 18.4 Å². The molecule has 20 heavy (non-hydrogen) atoms. The van der Waals surface area contributed by atoms with E-state index in [1.54, 1.807) is 24.3 Å². The number of pyridine rings is 1. The number of carbonyl (C=O) groups excluding carboxylic acids is 1. The fourth-order valence-corrected chi connectivity index (χ4v) is 2.52. The number of nitrogens with two attached hydrogens (primary N) is 1. The summed E-state index contributed by atoms with van der Waals surface area (Å²) in [5.41, 5.74) is 7.62. The molecule has 0 saturated carbocycles. The molecule has 1 atom stereocenters. The summed E-state index contributed by atoms with van der Waals surface area (Å²) in [7, 11) is 0. The minimum absolute atomic E-state index is 0.0468. The fraction of sp³-hybridized carbons (Fsp3) is 0.286. The molecule has 0 aliphatic heterocycles.